The minimum atomic E-state index is -1.35. The van der Waals surface area contributed by atoms with E-state index in [0.29, 0.717) is 0 Å². The zero-order valence-corrected chi connectivity index (χ0v) is 8.67. The van der Waals surface area contributed by atoms with E-state index in [-0.39, 0.29) is 13.4 Å². The van der Waals surface area contributed by atoms with Gasteiger partial charge in [0.2, 0.25) is 5.95 Å². The molecule has 0 radical (unpaired) electrons. The minimum Gasteiger partial charge on any atom is -0.394 e. The van der Waals surface area contributed by atoms with E-state index in [0.717, 1.165) is 10.9 Å². The molecule has 1 aromatic heterocycles. The molecule has 0 amide bonds. The van der Waals surface area contributed by atoms with Gasteiger partial charge in [0, 0.05) is 0 Å². The number of nitrogens with zero attached hydrogens (tertiary/aromatic N) is 3. The number of ether oxygens (including phenoxy) is 1. The van der Waals surface area contributed by atoms with Gasteiger partial charge in [0.1, 0.15) is 24.6 Å². The quantitative estimate of drug-likeness (QED) is 0.455. The van der Waals surface area contributed by atoms with Crippen LogP contribution in [0.3, 0.4) is 0 Å². The number of rotatable bonds is 2. The molecule has 0 aromatic carbocycles. The van der Waals surface area contributed by atoms with Crippen LogP contribution < -0.4 is 11.4 Å². The highest BCUT2D eigenvalue weighted by atomic mass is 16.6. The summed E-state index contributed by atoms with van der Waals surface area (Å²) in [6, 6.07) is 0. The van der Waals surface area contributed by atoms with Crippen molar-refractivity contribution in [1.29, 1.82) is 0 Å². The van der Waals surface area contributed by atoms with Crippen LogP contribution in [-0.2, 0) is 4.74 Å². The largest absolute Gasteiger partial charge is 0.394 e. The third-order valence-corrected chi connectivity index (χ3v) is 2.54. The normalized spacial score (nSPS) is 31.1. The maximum absolute atomic E-state index is 11.5. The van der Waals surface area contributed by atoms with Gasteiger partial charge in [-0.25, -0.2) is 9.78 Å². The molecular weight excluding hydrogens is 244 g/mol. The average molecular weight is 260 g/mol. The zero-order valence-electron chi connectivity index (χ0n) is 8.67. The zero-order chi connectivity index (χ0) is 12.6. The Labute approximate surface area is 102 Å². The van der Waals surface area contributed by atoms with Crippen molar-refractivity contribution in [2.45, 2.75) is 32.0 Å². The van der Waals surface area contributed by atoms with Crippen molar-refractivity contribution in [2.75, 3.05) is 12.3 Å². The van der Waals surface area contributed by atoms with E-state index >= 15 is 0 Å². The Hall–Kier alpha value is -1.55. The molecule has 1 aliphatic rings. The lowest BCUT2D eigenvalue weighted by molar-refractivity contribution is -0.0554. The molecule has 0 aliphatic carbocycles. The Morgan fingerprint density at radius 1 is 1.44 bits per heavy atom. The molecule has 0 bridgehead atoms. The SMILES string of the molecule is C.Nc1ncn([C@@H]2O[C@H](CO)[C@@H](O)[C@H]2O)c(=O)n1. The number of aliphatic hydroxyl groups excluding tert-OH is 3. The summed E-state index contributed by atoms with van der Waals surface area (Å²) in [6.45, 7) is -0.473. The van der Waals surface area contributed by atoms with Crippen LogP contribution >= 0.6 is 0 Å². The molecule has 102 valence electrons. The maximum atomic E-state index is 11.5. The van der Waals surface area contributed by atoms with Gasteiger partial charge in [0.15, 0.2) is 6.23 Å². The molecule has 4 atom stereocenters. The van der Waals surface area contributed by atoms with Gasteiger partial charge in [-0.3, -0.25) is 4.57 Å². The van der Waals surface area contributed by atoms with Gasteiger partial charge in [-0.05, 0) is 0 Å². The fourth-order valence-electron chi connectivity index (χ4n) is 1.64. The lowest BCUT2D eigenvalue weighted by Crippen LogP contribution is -2.36. The summed E-state index contributed by atoms with van der Waals surface area (Å²) in [4.78, 5) is 18.4. The van der Waals surface area contributed by atoms with E-state index in [1.165, 1.54) is 0 Å². The second-order valence-corrected chi connectivity index (χ2v) is 3.63. The van der Waals surface area contributed by atoms with E-state index in [1.54, 1.807) is 0 Å². The van der Waals surface area contributed by atoms with Crippen LogP contribution in [0.4, 0.5) is 5.95 Å². The molecule has 9 heteroatoms. The van der Waals surface area contributed by atoms with Crippen molar-refractivity contribution < 1.29 is 20.1 Å². The van der Waals surface area contributed by atoms with E-state index < -0.39 is 36.8 Å². The average Bonchev–Trinajstić information content (AvgIpc) is 2.57. The summed E-state index contributed by atoms with van der Waals surface area (Å²) in [5.41, 5.74) is 4.46. The van der Waals surface area contributed by atoms with Gasteiger partial charge in [-0.1, -0.05) is 7.43 Å². The summed E-state index contributed by atoms with van der Waals surface area (Å²) in [7, 11) is 0. The first-order chi connectivity index (χ1) is 8.04. The van der Waals surface area contributed by atoms with Gasteiger partial charge in [0.25, 0.3) is 0 Å². The Bertz CT molecular complexity index is 465. The summed E-state index contributed by atoms with van der Waals surface area (Å²) in [5.74, 6) is -0.196. The summed E-state index contributed by atoms with van der Waals surface area (Å²) in [5, 5.41) is 28.1. The Morgan fingerprint density at radius 3 is 2.61 bits per heavy atom. The summed E-state index contributed by atoms with van der Waals surface area (Å²) >= 11 is 0. The molecule has 1 saturated heterocycles. The number of hydrogen-bond acceptors (Lipinski definition) is 8. The molecule has 2 rings (SSSR count). The standard InChI is InChI=1S/C8H12N4O5.CH4/c9-7-10-2-12(8(16)11-7)6-5(15)4(14)3(1-13)17-6;/h2-6,13-15H,1H2,(H2,9,11,16);1H4/t3-,4-,5-,6-;/m1./s1. The second-order valence-electron chi connectivity index (χ2n) is 3.63. The molecule has 1 aliphatic heterocycles. The van der Waals surface area contributed by atoms with E-state index in [4.69, 9.17) is 15.6 Å². The predicted molar refractivity (Wildman–Crippen MR) is 60.4 cm³/mol. The molecule has 1 fully saturated rings. The number of hydrogen-bond donors (Lipinski definition) is 4. The van der Waals surface area contributed by atoms with Crippen molar-refractivity contribution >= 4 is 5.95 Å². The van der Waals surface area contributed by atoms with Crippen LogP contribution in [0, 0.1) is 0 Å². The molecule has 0 spiro atoms. The first-order valence-electron chi connectivity index (χ1n) is 4.87. The molecule has 9 nitrogen and oxygen atoms in total. The van der Waals surface area contributed by atoms with Gasteiger partial charge in [-0.2, -0.15) is 4.98 Å². The molecule has 18 heavy (non-hydrogen) atoms. The van der Waals surface area contributed by atoms with Crippen molar-refractivity contribution in [3.05, 3.63) is 16.8 Å². The topological polar surface area (TPSA) is 144 Å². The van der Waals surface area contributed by atoms with Crippen molar-refractivity contribution in [2.24, 2.45) is 0 Å². The number of nitrogen functional groups attached to an aromatic ring is 1. The van der Waals surface area contributed by atoms with Gasteiger partial charge < -0.3 is 25.8 Å². The fourth-order valence-corrected chi connectivity index (χ4v) is 1.64. The van der Waals surface area contributed by atoms with Gasteiger partial charge in [-0.15, -0.1) is 0 Å². The van der Waals surface area contributed by atoms with Crippen LogP contribution in [0.1, 0.15) is 13.7 Å². The lowest BCUT2D eigenvalue weighted by atomic mass is 10.1. The molecule has 5 N–H and O–H groups in total. The number of aromatic nitrogens is 3. The molecule has 0 saturated carbocycles. The monoisotopic (exact) mass is 260 g/mol. The first-order valence-corrected chi connectivity index (χ1v) is 4.87. The smallest absolute Gasteiger partial charge is 0.354 e. The van der Waals surface area contributed by atoms with Crippen LogP contribution in [0.2, 0.25) is 0 Å². The molecular formula is C9H16N4O5. The lowest BCUT2D eigenvalue weighted by Gasteiger charge is -2.16. The number of anilines is 1. The summed E-state index contributed by atoms with van der Waals surface area (Å²) in [6.07, 6.45) is -3.67. The van der Waals surface area contributed by atoms with Crippen LogP contribution in [0.15, 0.2) is 11.1 Å². The first kappa shape index (κ1) is 14.5. The Morgan fingerprint density at radius 2 is 2.11 bits per heavy atom. The Kier molecular flexibility index (Phi) is 4.35. The van der Waals surface area contributed by atoms with E-state index in [1.807, 2.05) is 0 Å². The highest BCUT2D eigenvalue weighted by Crippen LogP contribution is 2.27. The van der Waals surface area contributed by atoms with E-state index in [2.05, 4.69) is 9.97 Å². The van der Waals surface area contributed by atoms with Crippen molar-refractivity contribution in [3.63, 3.8) is 0 Å². The molecule has 0 unspecified atom stereocenters. The van der Waals surface area contributed by atoms with Gasteiger partial charge >= 0.3 is 5.69 Å². The number of nitrogens with two attached hydrogens (primary N) is 1. The predicted octanol–water partition coefficient (Wildman–Crippen LogP) is -2.53. The van der Waals surface area contributed by atoms with Crippen LogP contribution in [0.25, 0.3) is 0 Å². The van der Waals surface area contributed by atoms with Crippen molar-refractivity contribution in [1.82, 2.24) is 14.5 Å². The van der Waals surface area contributed by atoms with Crippen LogP contribution in [0.5, 0.6) is 0 Å². The highest BCUT2D eigenvalue weighted by Gasteiger charge is 2.43. The highest BCUT2D eigenvalue weighted by molar-refractivity contribution is 5.10. The van der Waals surface area contributed by atoms with Crippen molar-refractivity contribution in [3.8, 4) is 0 Å². The van der Waals surface area contributed by atoms with Crippen LogP contribution in [-0.4, -0.2) is 54.8 Å². The molecule has 1 aromatic rings. The van der Waals surface area contributed by atoms with Gasteiger partial charge in [0.05, 0.1) is 6.61 Å². The van der Waals surface area contributed by atoms with E-state index in [9.17, 15) is 15.0 Å². The maximum Gasteiger partial charge on any atom is 0.354 e. The second kappa shape index (κ2) is 5.40. The third kappa shape index (κ3) is 2.34. The minimum absolute atomic E-state index is 0. The summed E-state index contributed by atoms with van der Waals surface area (Å²) < 4.78 is 6.04. The fraction of sp³-hybridized carbons (Fsp3) is 0.667. The molecule has 2 heterocycles. The Balaban J connectivity index is 0.00000162. The third-order valence-electron chi connectivity index (χ3n) is 2.54. The number of aliphatic hydroxyl groups is 3.